The molecule has 0 bridgehead atoms. The van der Waals surface area contributed by atoms with Crippen molar-refractivity contribution in [3.63, 3.8) is 0 Å². The number of ether oxygens (including phenoxy) is 1. The molecule has 0 amide bonds. The van der Waals surface area contributed by atoms with E-state index in [1.54, 1.807) is 0 Å². The summed E-state index contributed by atoms with van der Waals surface area (Å²) in [5, 5.41) is 0. The molecule has 3 heteroatoms. The van der Waals surface area contributed by atoms with E-state index in [2.05, 4.69) is 20.8 Å². The van der Waals surface area contributed by atoms with Crippen LogP contribution in [0.25, 0.3) is 0 Å². The van der Waals surface area contributed by atoms with Crippen LogP contribution in [0.3, 0.4) is 0 Å². The molecule has 1 heterocycles. The van der Waals surface area contributed by atoms with Crippen LogP contribution in [0.1, 0.15) is 67.3 Å². The molecule has 0 aromatic heterocycles. The summed E-state index contributed by atoms with van der Waals surface area (Å²) in [7, 11) is 0. The maximum absolute atomic E-state index is 12.9. The van der Waals surface area contributed by atoms with E-state index in [1.165, 1.54) is 0 Å². The summed E-state index contributed by atoms with van der Waals surface area (Å²) in [6.07, 6.45) is 0.174. The van der Waals surface area contributed by atoms with Gasteiger partial charge in [0.2, 0.25) is 0 Å². The normalized spacial score (nSPS) is 25.1. The molecule has 2 atom stereocenters. The zero-order chi connectivity index (χ0) is 16.2. The Balaban J connectivity index is 2.16. The van der Waals surface area contributed by atoms with Gasteiger partial charge in [0.05, 0.1) is 12.2 Å². The maximum atomic E-state index is 12.9. The van der Waals surface area contributed by atoms with Crippen molar-refractivity contribution in [1.82, 2.24) is 0 Å². The van der Waals surface area contributed by atoms with E-state index in [0.29, 0.717) is 28.7 Å². The average molecular weight is 298 g/mol. The molecule has 0 saturated heterocycles. The first-order valence-electron chi connectivity index (χ1n) is 7.82. The number of Topliss-reactive ketones (excluding diaryl/α,β-unsaturated/α-hetero) is 2. The fraction of sp³-hybridized carbons (Fsp3) is 0.474. The predicted octanol–water partition coefficient (Wildman–Crippen LogP) is 3.86. The molecule has 116 valence electrons. The lowest BCUT2D eigenvalue weighted by molar-refractivity contribution is 0.0149. The number of hydrogen-bond acceptors (Lipinski definition) is 3. The van der Waals surface area contributed by atoms with E-state index in [-0.39, 0.29) is 29.2 Å². The Kier molecular flexibility index (Phi) is 3.37. The van der Waals surface area contributed by atoms with Crippen molar-refractivity contribution in [3.05, 3.63) is 46.0 Å². The van der Waals surface area contributed by atoms with E-state index >= 15 is 0 Å². The minimum absolute atomic E-state index is 0.00735. The van der Waals surface area contributed by atoms with Gasteiger partial charge in [-0.25, -0.2) is 0 Å². The van der Waals surface area contributed by atoms with Crippen molar-refractivity contribution < 1.29 is 14.3 Å². The van der Waals surface area contributed by atoms with Gasteiger partial charge in [-0.3, -0.25) is 9.59 Å². The third-order valence-corrected chi connectivity index (χ3v) is 4.55. The maximum Gasteiger partial charge on any atom is 0.192 e. The number of carbonyl (C=O) groups excluding carboxylic acids is 2. The summed E-state index contributed by atoms with van der Waals surface area (Å²) in [6.45, 7) is 10.1. The third kappa shape index (κ3) is 2.24. The molecule has 1 aliphatic heterocycles. The van der Waals surface area contributed by atoms with Gasteiger partial charge < -0.3 is 4.74 Å². The SMILES string of the molecule is C[C@H]1CC2=C(C(=O)c3cc(C(C)(C)C)ccc3C2=O)[C@@H](C)O1. The highest BCUT2D eigenvalue weighted by Gasteiger charge is 2.39. The first-order valence-corrected chi connectivity index (χ1v) is 7.82. The lowest BCUT2D eigenvalue weighted by Gasteiger charge is -2.33. The molecule has 0 saturated carbocycles. The molecule has 1 aliphatic carbocycles. The van der Waals surface area contributed by atoms with Crippen LogP contribution in [0, 0.1) is 0 Å². The molecule has 3 rings (SSSR count). The molecule has 3 nitrogen and oxygen atoms in total. The Morgan fingerprint density at radius 2 is 1.73 bits per heavy atom. The second-order valence-electron chi connectivity index (χ2n) is 7.35. The molecule has 1 aromatic rings. The number of benzene rings is 1. The van der Waals surface area contributed by atoms with Gasteiger partial charge in [0, 0.05) is 28.7 Å². The Morgan fingerprint density at radius 3 is 2.36 bits per heavy atom. The zero-order valence-electron chi connectivity index (χ0n) is 13.8. The van der Waals surface area contributed by atoms with Crippen molar-refractivity contribution in [2.75, 3.05) is 0 Å². The lowest BCUT2D eigenvalue weighted by atomic mass is 9.76. The third-order valence-electron chi connectivity index (χ3n) is 4.55. The summed E-state index contributed by atoms with van der Waals surface area (Å²) in [5.41, 5.74) is 3.28. The van der Waals surface area contributed by atoms with Gasteiger partial charge in [-0.2, -0.15) is 0 Å². The molecule has 1 aromatic carbocycles. The number of fused-ring (bicyclic) bond motifs is 1. The molecular formula is C19H22O3. The second kappa shape index (κ2) is 4.88. The largest absolute Gasteiger partial charge is 0.370 e. The Hall–Kier alpha value is -1.74. The molecule has 0 fully saturated rings. The highest BCUT2D eigenvalue weighted by atomic mass is 16.5. The standard InChI is InChI=1S/C19H22O3/c1-10-8-15-16(11(2)22-10)18(21)14-9-12(19(3,4)5)6-7-13(14)17(15)20/h6-7,9-11H,8H2,1-5H3/t10-,11+/m0/s1. The zero-order valence-corrected chi connectivity index (χ0v) is 13.8. The average Bonchev–Trinajstić information content (AvgIpc) is 2.42. The lowest BCUT2D eigenvalue weighted by Crippen LogP contribution is -2.36. The van der Waals surface area contributed by atoms with Crippen LogP contribution in [0.2, 0.25) is 0 Å². The topological polar surface area (TPSA) is 43.4 Å². The van der Waals surface area contributed by atoms with Gasteiger partial charge >= 0.3 is 0 Å². The molecule has 0 radical (unpaired) electrons. The van der Waals surface area contributed by atoms with Crippen LogP contribution >= 0.6 is 0 Å². The number of rotatable bonds is 0. The van der Waals surface area contributed by atoms with Crippen LogP contribution in [0.15, 0.2) is 29.3 Å². The number of carbonyl (C=O) groups is 2. The molecule has 0 spiro atoms. The van der Waals surface area contributed by atoms with Gasteiger partial charge in [-0.05, 0) is 30.9 Å². The van der Waals surface area contributed by atoms with Crippen molar-refractivity contribution in [1.29, 1.82) is 0 Å². The van der Waals surface area contributed by atoms with E-state index in [1.807, 2.05) is 32.0 Å². The van der Waals surface area contributed by atoms with Crippen molar-refractivity contribution in [2.45, 2.75) is 58.7 Å². The highest BCUT2D eigenvalue weighted by Crippen LogP contribution is 2.37. The van der Waals surface area contributed by atoms with Crippen LogP contribution in [-0.2, 0) is 10.2 Å². The molecule has 0 N–H and O–H groups in total. The number of hydrogen-bond donors (Lipinski definition) is 0. The quantitative estimate of drug-likeness (QED) is 0.730. The van der Waals surface area contributed by atoms with Gasteiger partial charge in [0.15, 0.2) is 11.6 Å². The number of ketones is 2. The fourth-order valence-corrected chi connectivity index (χ4v) is 3.35. The van der Waals surface area contributed by atoms with Crippen LogP contribution in [-0.4, -0.2) is 23.8 Å². The molecule has 0 unspecified atom stereocenters. The second-order valence-corrected chi connectivity index (χ2v) is 7.35. The van der Waals surface area contributed by atoms with E-state index in [9.17, 15) is 9.59 Å². The smallest absolute Gasteiger partial charge is 0.192 e. The minimum Gasteiger partial charge on any atom is -0.370 e. The van der Waals surface area contributed by atoms with Gasteiger partial charge in [0.25, 0.3) is 0 Å². The van der Waals surface area contributed by atoms with Crippen molar-refractivity contribution in [3.8, 4) is 0 Å². The first kappa shape index (κ1) is 15.2. The summed E-state index contributed by atoms with van der Waals surface area (Å²) >= 11 is 0. The highest BCUT2D eigenvalue weighted by molar-refractivity contribution is 6.27. The van der Waals surface area contributed by atoms with Crippen molar-refractivity contribution in [2.24, 2.45) is 0 Å². The Labute approximate surface area is 131 Å². The summed E-state index contributed by atoms with van der Waals surface area (Å²) < 4.78 is 5.76. The summed E-state index contributed by atoms with van der Waals surface area (Å²) in [5.74, 6) is -0.0536. The van der Waals surface area contributed by atoms with E-state index in [0.717, 1.165) is 5.56 Å². The van der Waals surface area contributed by atoms with Gasteiger partial charge in [-0.15, -0.1) is 0 Å². The van der Waals surface area contributed by atoms with Crippen LogP contribution in [0.4, 0.5) is 0 Å². The Morgan fingerprint density at radius 1 is 1.05 bits per heavy atom. The van der Waals surface area contributed by atoms with E-state index in [4.69, 9.17) is 4.74 Å². The Bertz CT molecular complexity index is 704. The molecular weight excluding hydrogens is 276 g/mol. The van der Waals surface area contributed by atoms with E-state index < -0.39 is 0 Å². The van der Waals surface area contributed by atoms with Gasteiger partial charge in [0.1, 0.15) is 0 Å². The summed E-state index contributed by atoms with van der Waals surface area (Å²) in [4.78, 5) is 25.7. The predicted molar refractivity (Wildman–Crippen MR) is 85.5 cm³/mol. The molecule has 2 aliphatic rings. The fourth-order valence-electron chi connectivity index (χ4n) is 3.35. The first-order chi connectivity index (χ1) is 10.2. The monoisotopic (exact) mass is 298 g/mol. The van der Waals surface area contributed by atoms with Crippen molar-refractivity contribution >= 4 is 11.6 Å². The van der Waals surface area contributed by atoms with Gasteiger partial charge in [-0.1, -0.05) is 32.9 Å². The minimum atomic E-state index is -0.318. The van der Waals surface area contributed by atoms with Crippen LogP contribution in [0.5, 0.6) is 0 Å². The molecule has 22 heavy (non-hydrogen) atoms. The van der Waals surface area contributed by atoms with Crippen LogP contribution < -0.4 is 0 Å². The summed E-state index contributed by atoms with van der Waals surface area (Å²) in [6, 6.07) is 5.65.